The molecule has 0 spiro atoms. The van der Waals surface area contributed by atoms with Crippen LogP contribution in [-0.2, 0) is 14.0 Å². The van der Waals surface area contributed by atoms with Gasteiger partial charge in [0.15, 0.2) is 8.32 Å². The van der Waals surface area contributed by atoms with Gasteiger partial charge in [-0.1, -0.05) is 20.8 Å². The molecular formula is C12H24O4Si. The third kappa shape index (κ3) is 3.79. The zero-order valence-corrected chi connectivity index (χ0v) is 12.4. The van der Waals surface area contributed by atoms with Gasteiger partial charge in [0.05, 0.1) is 19.1 Å². The molecule has 1 fully saturated rings. The fraction of sp³-hybridized carbons (Fsp3) is 0.917. The lowest BCUT2D eigenvalue weighted by Crippen LogP contribution is -2.47. The molecule has 1 aliphatic heterocycles. The minimum atomic E-state index is -1.85. The number of hydrogen-bond acceptors (Lipinski definition) is 4. The van der Waals surface area contributed by atoms with Crippen molar-refractivity contribution in [3.8, 4) is 0 Å². The van der Waals surface area contributed by atoms with Crippen molar-refractivity contribution >= 4 is 14.3 Å². The van der Waals surface area contributed by atoms with Crippen LogP contribution in [0.5, 0.6) is 0 Å². The molecule has 100 valence electrons. The first-order chi connectivity index (χ1) is 7.65. The van der Waals surface area contributed by atoms with Gasteiger partial charge in [0, 0.05) is 6.42 Å². The second-order valence-electron chi connectivity index (χ2n) is 6.23. The topological polar surface area (TPSA) is 55.8 Å². The lowest BCUT2D eigenvalue weighted by atomic mass is 10.1. The normalized spacial score (nSPS) is 26.8. The maximum absolute atomic E-state index is 11.4. The van der Waals surface area contributed by atoms with Crippen molar-refractivity contribution in [1.82, 2.24) is 0 Å². The maximum atomic E-state index is 11.4. The molecule has 0 amide bonds. The summed E-state index contributed by atoms with van der Waals surface area (Å²) in [4.78, 5) is 11.4. The average Bonchev–Trinajstić information content (AvgIpc) is 2.14. The largest absolute Gasteiger partial charge is 0.460 e. The van der Waals surface area contributed by atoms with Gasteiger partial charge in [-0.2, -0.15) is 0 Å². The molecule has 0 saturated carbocycles. The summed E-state index contributed by atoms with van der Waals surface area (Å²) < 4.78 is 11.2. The van der Waals surface area contributed by atoms with Gasteiger partial charge in [0.25, 0.3) is 0 Å². The van der Waals surface area contributed by atoms with E-state index in [0.29, 0.717) is 12.8 Å². The Balaban J connectivity index is 2.65. The predicted octanol–water partition coefficient (Wildman–Crippen LogP) is 2.07. The molecule has 0 unspecified atom stereocenters. The summed E-state index contributed by atoms with van der Waals surface area (Å²) in [6.07, 6.45) is 0.415. The molecule has 17 heavy (non-hydrogen) atoms. The highest BCUT2D eigenvalue weighted by Crippen LogP contribution is 2.38. The average molecular weight is 260 g/mol. The Morgan fingerprint density at radius 3 is 2.53 bits per heavy atom. The van der Waals surface area contributed by atoms with Crippen molar-refractivity contribution in [2.45, 2.75) is 64.0 Å². The molecule has 0 radical (unpaired) electrons. The van der Waals surface area contributed by atoms with E-state index in [4.69, 9.17) is 14.3 Å². The van der Waals surface area contributed by atoms with Crippen molar-refractivity contribution in [2.75, 3.05) is 6.61 Å². The lowest BCUT2D eigenvalue weighted by molar-refractivity contribution is -0.162. The van der Waals surface area contributed by atoms with E-state index in [2.05, 4.69) is 33.9 Å². The van der Waals surface area contributed by atoms with Crippen LogP contribution in [0, 0.1) is 0 Å². The molecule has 5 heteroatoms. The molecule has 0 bridgehead atoms. The molecule has 0 aromatic heterocycles. The Morgan fingerprint density at radius 2 is 2.06 bits per heavy atom. The molecule has 0 aromatic carbocycles. The monoisotopic (exact) mass is 260 g/mol. The summed E-state index contributed by atoms with van der Waals surface area (Å²) in [5, 5.41) is 9.19. The fourth-order valence-corrected chi connectivity index (χ4v) is 3.01. The van der Waals surface area contributed by atoms with Gasteiger partial charge in [-0.25, -0.2) is 0 Å². The molecule has 4 nitrogen and oxygen atoms in total. The summed E-state index contributed by atoms with van der Waals surface area (Å²) in [7, 11) is -1.85. The third-order valence-electron chi connectivity index (χ3n) is 3.69. The molecule has 0 aliphatic carbocycles. The summed E-state index contributed by atoms with van der Waals surface area (Å²) in [5.41, 5.74) is 0. The van der Waals surface area contributed by atoms with Crippen molar-refractivity contribution in [3.63, 3.8) is 0 Å². The van der Waals surface area contributed by atoms with Crippen LogP contribution >= 0.6 is 0 Å². The molecule has 2 atom stereocenters. The Hall–Kier alpha value is -0.393. The Bertz CT molecular complexity index is 283. The van der Waals surface area contributed by atoms with Gasteiger partial charge in [0.2, 0.25) is 0 Å². The second-order valence-corrected chi connectivity index (χ2v) is 11.0. The molecule has 1 saturated heterocycles. The van der Waals surface area contributed by atoms with Crippen LogP contribution < -0.4 is 0 Å². The summed E-state index contributed by atoms with van der Waals surface area (Å²) >= 11 is 0. The number of carbonyl (C=O) groups is 1. The van der Waals surface area contributed by atoms with Crippen LogP contribution in [-0.4, -0.2) is 38.2 Å². The second kappa shape index (κ2) is 5.08. The van der Waals surface area contributed by atoms with E-state index in [0.717, 1.165) is 0 Å². The minimum Gasteiger partial charge on any atom is -0.460 e. The van der Waals surface area contributed by atoms with E-state index in [1.54, 1.807) is 0 Å². The summed E-state index contributed by atoms with van der Waals surface area (Å²) in [6.45, 7) is 10.7. The zero-order chi connectivity index (χ0) is 13.3. The lowest BCUT2D eigenvalue weighted by Gasteiger charge is -2.41. The van der Waals surface area contributed by atoms with Crippen LogP contribution in [0.25, 0.3) is 0 Å². The van der Waals surface area contributed by atoms with Gasteiger partial charge in [-0.3, -0.25) is 4.79 Å². The first-order valence-corrected chi connectivity index (χ1v) is 9.04. The highest BCUT2D eigenvalue weighted by Gasteiger charge is 2.41. The summed E-state index contributed by atoms with van der Waals surface area (Å²) in [6, 6.07) is 0. The van der Waals surface area contributed by atoms with Gasteiger partial charge in [-0.15, -0.1) is 0 Å². The van der Waals surface area contributed by atoms with E-state index in [1.165, 1.54) is 0 Å². The standard InChI is InChI=1S/C12H24O4Si/c1-12(2,3)17(4,5)16-9-6-10(8-13)15-11(14)7-9/h9-10,13H,6-8H2,1-5H3/t9-,10+/m1/s1. The smallest absolute Gasteiger partial charge is 0.308 e. The molecule has 1 N–H and O–H groups in total. The number of carbonyl (C=O) groups excluding carboxylic acids is 1. The fourth-order valence-electron chi connectivity index (χ4n) is 1.64. The third-order valence-corrected chi connectivity index (χ3v) is 8.22. The van der Waals surface area contributed by atoms with E-state index in [-0.39, 0.29) is 23.7 Å². The van der Waals surface area contributed by atoms with Crippen LogP contribution in [0.1, 0.15) is 33.6 Å². The van der Waals surface area contributed by atoms with Crippen LogP contribution in [0.2, 0.25) is 18.1 Å². The first-order valence-electron chi connectivity index (χ1n) is 6.14. The number of esters is 1. The number of hydrogen-bond donors (Lipinski definition) is 1. The van der Waals surface area contributed by atoms with Crippen molar-refractivity contribution in [2.24, 2.45) is 0 Å². The SMILES string of the molecule is CC(C)(C)[Si](C)(C)O[C@H]1CC(=O)O[C@H](CO)C1. The predicted molar refractivity (Wildman–Crippen MR) is 68.3 cm³/mol. The number of aliphatic hydroxyl groups is 1. The molecular weight excluding hydrogens is 236 g/mol. The molecule has 0 aromatic rings. The van der Waals surface area contributed by atoms with E-state index in [9.17, 15) is 4.79 Å². The number of aliphatic hydroxyl groups excluding tert-OH is 1. The van der Waals surface area contributed by atoms with Crippen molar-refractivity contribution in [1.29, 1.82) is 0 Å². The Labute approximate surface area is 104 Å². The van der Waals surface area contributed by atoms with Crippen molar-refractivity contribution < 1.29 is 19.1 Å². The molecule has 1 aliphatic rings. The van der Waals surface area contributed by atoms with E-state index >= 15 is 0 Å². The number of rotatable bonds is 3. The zero-order valence-electron chi connectivity index (χ0n) is 11.4. The first kappa shape index (κ1) is 14.7. The number of cyclic esters (lactones) is 1. The van der Waals surface area contributed by atoms with Gasteiger partial charge in [0.1, 0.15) is 6.10 Å². The summed E-state index contributed by atoms with van der Waals surface area (Å²) in [5.74, 6) is -0.265. The highest BCUT2D eigenvalue weighted by atomic mass is 28.4. The Kier molecular flexibility index (Phi) is 4.38. The molecule has 1 rings (SSSR count). The van der Waals surface area contributed by atoms with Crippen LogP contribution in [0.15, 0.2) is 0 Å². The van der Waals surface area contributed by atoms with Gasteiger partial charge >= 0.3 is 5.97 Å². The number of ether oxygens (including phenoxy) is 1. The quantitative estimate of drug-likeness (QED) is 0.623. The molecule has 1 heterocycles. The van der Waals surface area contributed by atoms with Crippen LogP contribution in [0.4, 0.5) is 0 Å². The van der Waals surface area contributed by atoms with E-state index in [1.807, 2.05) is 0 Å². The maximum Gasteiger partial charge on any atom is 0.308 e. The van der Waals surface area contributed by atoms with Crippen LogP contribution in [0.3, 0.4) is 0 Å². The van der Waals surface area contributed by atoms with Gasteiger partial charge < -0.3 is 14.3 Å². The van der Waals surface area contributed by atoms with E-state index < -0.39 is 14.4 Å². The van der Waals surface area contributed by atoms with Crippen molar-refractivity contribution in [3.05, 3.63) is 0 Å². The minimum absolute atomic E-state index is 0.103. The Morgan fingerprint density at radius 1 is 1.47 bits per heavy atom. The highest BCUT2D eigenvalue weighted by molar-refractivity contribution is 6.74. The van der Waals surface area contributed by atoms with Gasteiger partial charge in [-0.05, 0) is 18.1 Å².